The molecular formula is C21H22FN3O2S. The fourth-order valence-corrected chi connectivity index (χ4v) is 3.71. The highest BCUT2D eigenvalue weighted by Crippen LogP contribution is 2.12. The minimum absolute atomic E-state index is 0.00361. The van der Waals surface area contributed by atoms with Crippen LogP contribution in [0.3, 0.4) is 0 Å². The Morgan fingerprint density at radius 3 is 2.25 bits per heavy atom. The number of sulfonamides is 1. The van der Waals surface area contributed by atoms with Crippen molar-refractivity contribution in [2.45, 2.75) is 12.8 Å². The van der Waals surface area contributed by atoms with Crippen LogP contribution in [0.2, 0.25) is 0 Å². The smallest absolute Gasteiger partial charge is 0.234 e. The molecule has 0 aliphatic carbocycles. The van der Waals surface area contributed by atoms with Gasteiger partial charge in [-0.3, -0.25) is 4.72 Å². The molecule has 2 N–H and O–H groups in total. The third kappa shape index (κ3) is 6.35. The molecule has 146 valence electrons. The summed E-state index contributed by atoms with van der Waals surface area (Å²) in [6.07, 6.45) is 2.77. The van der Waals surface area contributed by atoms with Gasteiger partial charge in [-0.15, -0.1) is 0 Å². The van der Waals surface area contributed by atoms with E-state index < -0.39 is 10.0 Å². The Morgan fingerprint density at radius 1 is 0.857 bits per heavy atom. The fourth-order valence-electron chi connectivity index (χ4n) is 2.67. The van der Waals surface area contributed by atoms with Gasteiger partial charge in [-0.2, -0.15) is 0 Å². The molecule has 3 rings (SSSR count). The maximum absolute atomic E-state index is 12.9. The largest absolute Gasteiger partial charge is 0.383 e. The van der Waals surface area contributed by atoms with Crippen molar-refractivity contribution >= 4 is 21.5 Å². The minimum Gasteiger partial charge on any atom is -0.383 e. The molecule has 0 atom stereocenters. The number of nitrogens with one attached hydrogen (secondary N) is 2. The van der Waals surface area contributed by atoms with Gasteiger partial charge in [-0.05, 0) is 48.2 Å². The van der Waals surface area contributed by atoms with Crippen molar-refractivity contribution in [1.82, 2.24) is 4.98 Å². The summed E-state index contributed by atoms with van der Waals surface area (Å²) in [5.41, 5.74) is 2.79. The molecule has 3 aromatic rings. The van der Waals surface area contributed by atoms with Crippen molar-refractivity contribution in [3.8, 4) is 0 Å². The molecule has 7 heteroatoms. The topological polar surface area (TPSA) is 71.1 Å². The number of hydrogen-bond donors (Lipinski definition) is 2. The first kappa shape index (κ1) is 19.8. The van der Waals surface area contributed by atoms with Gasteiger partial charge in [0.25, 0.3) is 0 Å². The molecule has 0 saturated heterocycles. The van der Waals surface area contributed by atoms with Gasteiger partial charge in [-0.1, -0.05) is 42.5 Å². The predicted molar refractivity (Wildman–Crippen MR) is 110 cm³/mol. The first-order chi connectivity index (χ1) is 13.5. The van der Waals surface area contributed by atoms with Crippen molar-refractivity contribution in [3.63, 3.8) is 0 Å². The van der Waals surface area contributed by atoms with Crippen molar-refractivity contribution in [1.29, 1.82) is 0 Å². The normalized spacial score (nSPS) is 11.2. The number of rotatable bonds is 9. The predicted octanol–water partition coefficient (Wildman–Crippen LogP) is 3.86. The van der Waals surface area contributed by atoms with Crippen molar-refractivity contribution in [2.75, 3.05) is 22.3 Å². The maximum Gasteiger partial charge on any atom is 0.234 e. The van der Waals surface area contributed by atoms with Gasteiger partial charge >= 0.3 is 0 Å². The van der Waals surface area contributed by atoms with Crippen molar-refractivity contribution in [2.24, 2.45) is 0 Å². The SMILES string of the molecule is O=S(=O)(CCc1ccccc1)Nc1ccc(NCCc2ccc(F)cc2)cn1. The zero-order valence-corrected chi connectivity index (χ0v) is 16.1. The average molecular weight is 399 g/mol. The van der Waals surface area contributed by atoms with Gasteiger partial charge in [-0.25, -0.2) is 17.8 Å². The molecule has 1 aromatic heterocycles. The Balaban J connectivity index is 1.47. The lowest BCUT2D eigenvalue weighted by molar-refractivity contribution is 0.600. The number of hydrogen-bond acceptors (Lipinski definition) is 4. The quantitative estimate of drug-likeness (QED) is 0.573. The first-order valence-corrected chi connectivity index (χ1v) is 10.6. The summed E-state index contributed by atoms with van der Waals surface area (Å²) in [7, 11) is -3.47. The second kappa shape index (κ2) is 9.32. The van der Waals surface area contributed by atoms with Crippen LogP contribution in [-0.2, 0) is 22.9 Å². The maximum atomic E-state index is 12.9. The lowest BCUT2D eigenvalue weighted by atomic mass is 10.1. The molecule has 0 aliphatic heterocycles. The first-order valence-electron chi connectivity index (χ1n) is 8.99. The minimum atomic E-state index is -3.47. The Morgan fingerprint density at radius 2 is 1.57 bits per heavy atom. The molecule has 0 unspecified atom stereocenters. The Bertz CT molecular complexity index is 976. The number of pyridine rings is 1. The fraction of sp³-hybridized carbons (Fsp3) is 0.190. The Kier molecular flexibility index (Phi) is 6.60. The third-order valence-electron chi connectivity index (χ3n) is 4.18. The van der Waals surface area contributed by atoms with E-state index in [9.17, 15) is 12.8 Å². The van der Waals surface area contributed by atoms with Gasteiger partial charge in [0.2, 0.25) is 10.0 Å². The summed E-state index contributed by atoms with van der Waals surface area (Å²) in [5, 5.41) is 3.21. The van der Waals surface area contributed by atoms with Crippen LogP contribution in [0.5, 0.6) is 0 Å². The molecular weight excluding hydrogens is 377 g/mol. The number of aryl methyl sites for hydroxylation is 1. The van der Waals surface area contributed by atoms with Crippen LogP contribution >= 0.6 is 0 Å². The van der Waals surface area contributed by atoms with E-state index in [2.05, 4.69) is 15.0 Å². The van der Waals surface area contributed by atoms with Crippen molar-refractivity contribution < 1.29 is 12.8 Å². The molecule has 0 aliphatic rings. The summed E-state index contributed by atoms with van der Waals surface area (Å²) in [6, 6.07) is 19.3. The number of halogens is 1. The lowest BCUT2D eigenvalue weighted by Gasteiger charge is -2.09. The van der Waals surface area contributed by atoms with Crippen LogP contribution in [0.1, 0.15) is 11.1 Å². The van der Waals surface area contributed by atoms with Gasteiger partial charge in [0.05, 0.1) is 17.6 Å². The van der Waals surface area contributed by atoms with E-state index in [1.807, 2.05) is 30.3 Å². The molecule has 2 aromatic carbocycles. The molecule has 0 fully saturated rings. The van der Waals surface area contributed by atoms with E-state index in [-0.39, 0.29) is 17.4 Å². The van der Waals surface area contributed by atoms with Crippen LogP contribution in [0.15, 0.2) is 72.9 Å². The van der Waals surface area contributed by atoms with E-state index in [0.717, 1.165) is 23.2 Å². The summed E-state index contributed by atoms with van der Waals surface area (Å²) in [6.45, 7) is 0.662. The Hall–Kier alpha value is -2.93. The molecule has 0 radical (unpaired) electrons. The number of anilines is 2. The van der Waals surface area contributed by atoms with Gasteiger partial charge in [0, 0.05) is 6.54 Å². The molecule has 0 bridgehead atoms. The van der Waals surface area contributed by atoms with Gasteiger partial charge < -0.3 is 5.32 Å². The second-order valence-electron chi connectivity index (χ2n) is 6.39. The highest BCUT2D eigenvalue weighted by Gasteiger charge is 2.11. The van der Waals surface area contributed by atoms with Gasteiger partial charge in [0.15, 0.2) is 0 Å². The second-order valence-corrected chi connectivity index (χ2v) is 8.23. The standard InChI is InChI=1S/C21H22FN3O2S/c22-19-8-6-18(7-9-19)12-14-23-20-10-11-21(24-16-20)25-28(26,27)15-13-17-4-2-1-3-5-17/h1-11,16,23H,12-15H2,(H,24,25). The van der Waals surface area contributed by atoms with E-state index in [0.29, 0.717) is 13.0 Å². The summed E-state index contributed by atoms with van der Waals surface area (Å²) >= 11 is 0. The Labute approximate surface area is 164 Å². The van der Waals surface area contributed by atoms with E-state index >= 15 is 0 Å². The zero-order valence-electron chi connectivity index (χ0n) is 15.3. The molecule has 28 heavy (non-hydrogen) atoms. The summed E-state index contributed by atoms with van der Waals surface area (Å²) < 4.78 is 39.8. The lowest BCUT2D eigenvalue weighted by Crippen LogP contribution is -2.19. The van der Waals surface area contributed by atoms with Crippen LogP contribution in [-0.4, -0.2) is 25.7 Å². The van der Waals surface area contributed by atoms with E-state index in [1.54, 1.807) is 30.5 Å². The monoisotopic (exact) mass is 399 g/mol. The van der Waals surface area contributed by atoms with Crippen LogP contribution in [0, 0.1) is 5.82 Å². The average Bonchev–Trinajstić information content (AvgIpc) is 2.70. The summed E-state index contributed by atoms with van der Waals surface area (Å²) in [5.74, 6) is 0.0379. The third-order valence-corrected chi connectivity index (χ3v) is 5.44. The van der Waals surface area contributed by atoms with Crippen LogP contribution in [0.25, 0.3) is 0 Å². The van der Waals surface area contributed by atoms with Crippen LogP contribution < -0.4 is 10.0 Å². The van der Waals surface area contributed by atoms with Gasteiger partial charge in [0.1, 0.15) is 11.6 Å². The highest BCUT2D eigenvalue weighted by atomic mass is 32.2. The number of nitrogens with zero attached hydrogens (tertiary/aromatic N) is 1. The molecule has 0 saturated carbocycles. The molecule has 5 nitrogen and oxygen atoms in total. The van der Waals surface area contributed by atoms with E-state index in [1.165, 1.54) is 12.1 Å². The van der Waals surface area contributed by atoms with E-state index in [4.69, 9.17) is 0 Å². The molecule has 0 amide bonds. The van der Waals surface area contributed by atoms with Crippen LogP contribution in [0.4, 0.5) is 15.9 Å². The zero-order chi connectivity index (χ0) is 19.8. The number of benzene rings is 2. The highest BCUT2D eigenvalue weighted by molar-refractivity contribution is 7.92. The molecule has 0 spiro atoms. The summed E-state index contributed by atoms with van der Waals surface area (Å²) in [4.78, 5) is 4.15. The van der Waals surface area contributed by atoms with Crippen molar-refractivity contribution in [3.05, 3.63) is 89.9 Å². The number of aromatic nitrogens is 1. The molecule has 1 heterocycles.